The minimum Gasteiger partial charge on any atom is -0.258 e. The van der Waals surface area contributed by atoms with Gasteiger partial charge in [0, 0.05) is 24.7 Å². The van der Waals surface area contributed by atoms with Crippen LogP contribution in [-0.2, 0) is 6.54 Å². The first-order valence-corrected chi connectivity index (χ1v) is 6.43. The van der Waals surface area contributed by atoms with E-state index in [1.165, 1.54) is 17.7 Å². The van der Waals surface area contributed by atoms with Crippen molar-refractivity contribution in [2.45, 2.75) is 19.5 Å². The van der Waals surface area contributed by atoms with E-state index in [9.17, 15) is 10.1 Å². The van der Waals surface area contributed by atoms with Crippen LogP contribution in [0, 0.1) is 10.1 Å². The summed E-state index contributed by atoms with van der Waals surface area (Å²) in [5, 5.41) is 10.6. The number of nitro groups is 1. The van der Waals surface area contributed by atoms with E-state index in [-0.39, 0.29) is 11.7 Å². The molecule has 2 rings (SSSR count). The molecular weight excluding hydrogens is 254 g/mol. The Bertz CT molecular complexity index is 555. The molecule has 104 valence electrons. The van der Waals surface area contributed by atoms with Gasteiger partial charge in [-0.15, -0.1) is 0 Å². The van der Waals surface area contributed by atoms with Crippen molar-refractivity contribution in [2.75, 3.05) is 0 Å². The normalized spacial score (nSPS) is 12.1. The molecule has 20 heavy (non-hydrogen) atoms. The van der Waals surface area contributed by atoms with Crippen LogP contribution in [0.15, 0.2) is 54.6 Å². The molecule has 1 atom stereocenters. The summed E-state index contributed by atoms with van der Waals surface area (Å²) in [6.45, 7) is 2.72. The Kier molecular flexibility index (Phi) is 4.81. The highest BCUT2D eigenvalue weighted by atomic mass is 16.6. The third-order valence-electron chi connectivity index (χ3n) is 3.06. The van der Waals surface area contributed by atoms with Crippen LogP contribution in [0.5, 0.6) is 0 Å². The number of hydrazine groups is 1. The smallest absolute Gasteiger partial charge is 0.258 e. The standard InChI is InChI=1S/C15H17N3O2/c1-12(14-7-9-15(10-8-14)18(19)20)17-16-11-13-5-3-2-4-6-13/h2-10,12,16-17H,11H2,1H3. The predicted molar refractivity (Wildman–Crippen MR) is 77.9 cm³/mol. The second kappa shape index (κ2) is 6.79. The van der Waals surface area contributed by atoms with Crippen LogP contribution in [0.3, 0.4) is 0 Å². The summed E-state index contributed by atoms with van der Waals surface area (Å²) >= 11 is 0. The molecule has 0 radical (unpaired) electrons. The largest absolute Gasteiger partial charge is 0.269 e. The number of nitrogens with one attached hydrogen (secondary N) is 2. The number of rotatable bonds is 6. The van der Waals surface area contributed by atoms with Crippen molar-refractivity contribution in [2.24, 2.45) is 0 Å². The number of hydrogen-bond acceptors (Lipinski definition) is 4. The minimum atomic E-state index is -0.393. The highest BCUT2D eigenvalue weighted by Crippen LogP contribution is 2.16. The molecule has 0 bridgehead atoms. The van der Waals surface area contributed by atoms with E-state index in [4.69, 9.17) is 0 Å². The van der Waals surface area contributed by atoms with Crippen molar-refractivity contribution < 1.29 is 4.92 Å². The SMILES string of the molecule is CC(NNCc1ccccc1)c1ccc([N+](=O)[O-])cc1. The first-order chi connectivity index (χ1) is 9.66. The van der Waals surface area contributed by atoms with Gasteiger partial charge in [0.25, 0.3) is 5.69 Å². The Balaban J connectivity index is 1.85. The molecule has 2 aromatic rings. The van der Waals surface area contributed by atoms with Gasteiger partial charge in [-0.1, -0.05) is 42.5 Å². The lowest BCUT2D eigenvalue weighted by Gasteiger charge is -2.15. The van der Waals surface area contributed by atoms with Crippen LogP contribution in [0.4, 0.5) is 5.69 Å². The lowest BCUT2D eigenvalue weighted by atomic mass is 10.1. The van der Waals surface area contributed by atoms with Gasteiger partial charge in [0.15, 0.2) is 0 Å². The van der Waals surface area contributed by atoms with Gasteiger partial charge in [0.1, 0.15) is 0 Å². The van der Waals surface area contributed by atoms with Crippen molar-refractivity contribution in [1.29, 1.82) is 0 Å². The quantitative estimate of drug-likeness (QED) is 0.626. The fourth-order valence-electron chi connectivity index (χ4n) is 1.87. The van der Waals surface area contributed by atoms with Crippen LogP contribution in [0.2, 0.25) is 0 Å². The molecule has 0 saturated heterocycles. The van der Waals surface area contributed by atoms with E-state index >= 15 is 0 Å². The highest BCUT2D eigenvalue weighted by molar-refractivity contribution is 5.33. The number of non-ortho nitro benzene ring substituents is 1. The van der Waals surface area contributed by atoms with Crippen LogP contribution < -0.4 is 10.9 Å². The number of benzene rings is 2. The molecule has 0 aliphatic carbocycles. The van der Waals surface area contributed by atoms with Crippen molar-refractivity contribution in [3.63, 3.8) is 0 Å². The Morgan fingerprint density at radius 3 is 2.35 bits per heavy atom. The lowest BCUT2D eigenvalue weighted by molar-refractivity contribution is -0.384. The zero-order valence-corrected chi connectivity index (χ0v) is 11.2. The van der Waals surface area contributed by atoms with Gasteiger partial charge in [-0.05, 0) is 18.1 Å². The zero-order chi connectivity index (χ0) is 14.4. The highest BCUT2D eigenvalue weighted by Gasteiger charge is 2.08. The second-order valence-electron chi connectivity index (χ2n) is 4.55. The Hall–Kier alpha value is -2.24. The summed E-state index contributed by atoms with van der Waals surface area (Å²) in [4.78, 5) is 10.2. The maximum absolute atomic E-state index is 10.6. The Labute approximate surface area is 117 Å². The van der Waals surface area contributed by atoms with Crippen molar-refractivity contribution in [1.82, 2.24) is 10.9 Å². The van der Waals surface area contributed by atoms with Gasteiger partial charge < -0.3 is 0 Å². The molecule has 1 unspecified atom stereocenters. The zero-order valence-electron chi connectivity index (χ0n) is 11.2. The summed E-state index contributed by atoms with van der Waals surface area (Å²) in [5.41, 5.74) is 8.63. The molecule has 0 aliphatic rings. The topological polar surface area (TPSA) is 67.2 Å². The molecule has 5 heteroatoms. The van der Waals surface area contributed by atoms with Gasteiger partial charge in [-0.2, -0.15) is 0 Å². The molecule has 0 spiro atoms. The minimum absolute atomic E-state index is 0.0690. The summed E-state index contributed by atoms with van der Waals surface area (Å²) < 4.78 is 0. The molecule has 0 aliphatic heterocycles. The summed E-state index contributed by atoms with van der Waals surface area (Å²) in [6.07, 6.45) is 0. The second-order valence-corrected chi connectivity index (χ2v) is 4.55. The molecule has 0 fully saturated rings. The molecule has 0 amide bonds. The molecule has 5 nitrogen and oxygen atoms in total. The van der Waals surface area contributed by atoms with Crippen LogP contribution >= 0.6 is 0 Å². The van der Waals surface area contributed by atoms with E-state index in [0.29, 0.717) is 0 Å². The molecular formula is C15H17N3O2. The van der Waals surface area contributed by atoms with Gasteiger partial charge in [-0.25, -0.2) is 0 Å². The van der Waals surface area contributed by atoms with Gasteiger partial charge in [0.2, 0.25) is 0 Å². The maximum Gasteiger partial charge on any atom is 0.269 e. The molecule has 0 saturated carbocycles. The first-order valence-electron chi connectivity index (χ1n) is 6.43. The van der Waals surface area contributed by atoms with Gasteiger partial charge in [-0.3, -0.25) is 21.0 Å². The summed E-state index contributed by atoms with van der Waals surface area (Å²) in [6, 6.07) is 16.7. The van der Waals surface area contributed by atoms with E-state index in [2.05, 4.69) is 10.9 Å². The third-order valence-corrected chi connectivity index (χ3v) is 3.06. The monoisotopic (exact) mass is 271 g/mol. The lowest BCUT2D eigenvalue weighted by Crippen LogP contribution is -2.33. The first kappa shape index (κ1) is 14.2. The van der Waals surface area contributed by atoms with E-state index in [1.54, 1.807) is 12.1 Å². The molecule has 2 aromatic carbocycles. The fraction of sp³-hybridized carbons (Fsp3) is 0.200. The van der Waals surface area contributed by atoms with E-state index < -0.39 is 4.92 Å². The van der Waals surface area contributed by atoms with Crippen LogP contribution in [-0.4, -0.2) is 4.92 Å². The number of nitrogens with zero attached hydrogens (tertiary/aromatic N) is 1. The maximum atomic E-state index is 10.6. The van der Waals surface area contributed by atoms with Gasteiger partial charge in [0.05, 0.1) is 4.92 Å². The molecule has 2 N–H and O–H groups in total. The third kappa shape index (κ3) is 3.88. The average Bonchev–Trinajstić information content (AvgIpc) is 2.48. The number of hydrogen-bond donors (Lipinski definition) is 2. The Morgan fingerprint density at radius 2 is 1.75 bits per heavy atom. The molecule has 0 aromatic heterocycles. The number of nitro benzene ring substituents is 1. The Morgan fingerprint density at radius 1 is 1.10 bits per heavy atom. The van der Waals surface area contributed by atoms with Crippen LogP contribution in [0.25, 0.3) is 0 Å². The van der Waals surface area contributed by atoms with Crippen molar-refractivity contribution >= 4 is 5.69 Å². The summed E-state index contributed by atoms with van der Waals surface area (Å²) in [7, 11) is 0. The predicted octanol–water partition coefficient (Wildman–Crippen LogP) is 2.95. The summed E-state index contributed by atoms with van der Waals surface area (Å²) in [5.74, 6) is 0. The van der Waals surface area contributed by atoms with E-state index in [0.717, 1.165) is 12.1 Å². The van der Waals surface area contributed by atoms with Crippen molar-refractivity contribution in [3.05, 3.63) is 75.8 Å². The average molecular weight is 271 g/mol. The van der Waals surface area contributed by atoms with Gasteiger partial charge >= 0.3 is 0 Å². The van der Waals surface area contributed by atoms with E-state index in [1.807, 2.05) is 37.3 Å². The van der Waals surface area contributed by atoms with Crippen LogP contribution in [0.1, 0.15) is 24.1 Å². The molecule has 0 heterocycles. The van der Waals surface area contributed by atoms with Crippen molar-refractivity contribution in [3.8, 4) is 0 Å². The fourth-order valence-corrected chi connectivity index (χ4v) is 1.87.